The van der Waals surface area contributed by atoms with Crippen LogP contribution < -0.4 is 14.2 Å². The molecule has 0 atom stereocenters. The van der Waals surface area contributed by atoms with E-state index in [9.17, 15) is 0 Å². The van der Waals surface area contributed by atoms with Crippen molar-refractivity contribution < 1.29 is 14.2 Å². The Bertz CT molecular complexity index is 2860. The molecule has 0 saturated carbocycles. The Morgan fingerprint density at radius 2 is 1.24 bits per heavy atom. The number of hydrogen-bond acceptors (Lipinski definition) is 5. The van der Waals surface area contributed by atoms with E-state index in [0.717, 1.165) is 78.6 Å². The summed E-state index contributed by atoms with van der Waals surface area (Å²) in [7, 11) is 0. The summed E-state index contributed by atoms with van der Waals surface area (Å²) in [6, 6.07) is 49.6. The second kappa shape index (κ2) is 15.7. The molecule has 3 aromatic heterocycles. The molecule has 0 unspecified atom stereocenters. The maximum Gasteiger partial charge on any atom is 0.137 e. The van der Waals surface area contributed by atoms with Gasteiger partial charge in [0.05, 0.1) is 28.5 Å². The molecule has 0 fully saturated rings. The minimum absolute atomic E-state index is 0.0130. The number of hydrogen-bond donors (Lipinski definition) is 0. The highest BCUT2D eigenvalue weighted by Crippen LogP contribution is 2.44. The predicted octanol–water partition coefficient (Wildman–Crippen LogP) is 12.9. The molecule has 0 spiro atoms. The zero-order valence-corrected chi connectivity index (χ0v) is 34.0. The van der Waals surface area contributed by atoms with Gasteiger partial charge in [0.15, 0.2) is 0 Å². The van der Waals surface area contributed by atoms with E-state index < -0.39 is 0 Å². The van der Waals surface area contributed by atoms with E-state index in [1.807, 2.05) is 90.0 Å². The summed E-state index contributed by atoms with van der Waals surface area (Å²) in [5, 5.41) is 7.17. The Morgan fingerprint density at radius 1 is 0.593 bits per heavy atom. The Morgan fingerprint density at radius 3 is 1.93 bits per heavy atom. The second-order valence-electron chi connectivity index (χ2n) is 16.0. The fraction of sp³-hybridized carbons (Fsp3) is 0.154. The highest BCUT2D eigenvalue weighted by atomic mass is 16.5. The molecule has 0 N–H and O–H groups in total. The number of pyridine rings is 1. The van der Waals surface area contributed by atoms with Crippen molar-refractivity contribution in [3.63, 3.8) is 0 Å². The minimum Gasteiger partial charge on any atom is -0.488 e. The smallest absolute Gasteiger partial charge is 0.137 e. The summed E-state index contributed by atoms with van der Waals surface area (Å²) in [5.41, 5.74) is 10.2. The van der Waals surface area contributed by atoms with Crippen LogP contribution in [0.4, 0.5) is 0 Å². The van der Waals surface area contributed by atoms with Crippen molar-refractivity contribution in [3.8, 4) is 45.6 Å². The average molecular weight is 775 g/mol. The fourth-order valence-electron chi connectivity index (χ4n) is 7.73. The van der Waals surface area contributed by atoms with Crippen LogP contribution in [0.15, 0.2) is 164 Å². The molecule has 0 aliphatic carbocycles. The van der Waals surface area contributed by atoms with Crippen LogP contribution in [0.3, 0.4) is 0 Å². The first kappa shape index (κ1) is 37.5. The second-order valence-corrected chi connectivity index (χ2v) is 16.0. The number of aryl methyl sites for hydroxylation is 2. The zero-order valence-electron chi connectivity index (χ0n) is 34.0. The monoisotopic (exact) mass is 774 g/mol. The lowest BCUT2D eigenvalue weighted by molar-refractivity contribution is 0.290. The molecule has 0 radical (unpaired) electrons. The third-order valence-corrected chi connectivity index (χ3v) is 10.7. The van der Waals surface area contributed by atoms with Gasteiger partial charge in [0.25, 0.3) is 0 Å². The molecule has 292 valence electrons. The van der Waals surface area contributed by atoms with Gasteiger partial charge < -0.3 is 14.2 Å². The molecular formula is C52H46N4O3. The molecule has 59 heavy (non-hydrogen) atoms. The molecule has 6 aromatic carbocycles. The summed E-state index contributed by atoms with van der Waals surface area (Å²) in [6.07, 6.45) is 5.81. The van der Waals surface area contributed by atoms with Gasteiger partial charge >= 0.3 is 0 Å². The molecule has 7 nitrogen and oxygen atoms in total. The first-order chi connectivity index (χ1) is 28.7. The number of nitrogens with zero attached hydrogens (tertiary/aromatic N) is 4. The molecule has 3 heterocycles. The van der Waals surface area contributed by atoms with Crippen LogP contribution in [0.2, 0.25) is 0 Å². The molecule has 0 aliphatic rings. The first-order valence-corrected chi connectivity index (χ1v) is 20.0. The lowest BCUT2D eigenvalue weighted by atomic mass is 9.88. The summed E-state index contributed by atoms with van der Waals surface area (Å²) in [4.78, 5) is 4.84. The van der Waals surface area contributed by atoms with E-state index in [2.05, 4.69) is 118 Å². The van der Waals surface area contributed by atoms with Gasteiger partial charge in [0.2, 0.25) is 0 Å². The van der Waals surface area contributed by atoms with E-state index in [4.69, 9.17) is 24.3 Å². The number of aromatic nitrogens is 4. The molecule has 9 aromatic rings. The number of para-hydroxylation sites is 1. The SMILES string of the molecule is Cc1cc(C)c(OCc2ccccc2)c(-c2cnn(-c3cccc(Oc4ccc5c6ccccc6n(-c6cc(C(C)(C)C)ccn6)c5c4)c3)c2)c1OCc1ccccc1. The van der Waals surface area contributed by atoms with Crippen molar-refractivity contribution in [2.75, 3.05) is 0 Å². The summed E-state index contributed by atoms with van der Waals surface area (Å²) < 4.78 is 24.0. The average Bonchev–Trinajstić information content (AvgIpc) is 3.87. The molecule has 0 amide bonds. The lowest BCUT2D eigenvalue weighted by Crippen LogP contribution is -2.12. The van der Waals surface area contributed by atoms with Crippen molar-refractivity contribution in [2.45, 2.75) is 53.2 Å². The molecule has 7 heteroatoms. The molecular weight excluding hydrogens is 729 g/mol. The first-order valence-electron chi connectivity index (χ1n) is 20.0. The van der Waals surface area contributed by atoms with Crippen LogP contribution in [0, 0.1) is 13.8 Å². The zero-order chi connectivity index (χ0) is 40.5. The third kappa shape index (κ3) is 7.67. The van der Waals surface area contributed by atoms with Gasteiger partial charge in [-0.3, -0.25) is 4.57 Å². The van der Waals surface area contributed by atoms with Gasteiger partial charge in [-0.2, -0.15) is 5.10 Å². The Labute approximate surface area is 345 Å². The summed E-state index contributed by atoms with van der Waals surface area (Å²) in [5.74, 6) is 3.84. The van der Waals surface area contributed by atoms with E-state index in [1.54, 1.807) is 0 Å². The Hall–Kier alpha value is -7.12. The van der Waals surface area contributed by atoms with Gasteiger partial charge in [-0.05, 0) is 95.6 Å². The summed E-state index contributed by atoms with van der Waals surface area (Å²) >= 11 is 0. The fourth-order valence-corrected chi connectivity index (χ4v) is 7.73. The van der Waals surface area contributed by atoms with Crippen molar-refractivity contribution in [3.05, 3.63) is 192 Å². The van der Waals surface area contributed by atoms with Gasteiger partial charge in [0.1, 0.15) is 42.0 Å². The van der Waals surface area contributed by atoms with E-state index in [0.29, 0.717) is 19.0 Å². The standard InChI is InChI=1S/C52H46N4O3/c1-35-27-36(2)51(58-34-38-17-10-7-11-18-38)49(50(35)57-33-37-15-8-6-9-16-37)39-31-54-55(32-39)41-19-14-20-42(29-41)59-43-23-24-45-44-21-12-13-22-46(44)56(47(45)30-43)48-28-40(25-26-53-48)52(3,4)5/h6-32H,33-34H2,1-5H3. The van der Waals surface area contributed by atoms with Gasteiger partial charge in [-0.1, -0.05) is 106 Å². The van der Waals surface area contributed by atoms with E-state index in [-0.39, 0.29) is 5.41 Å². The number of fused-ring (bicyclic) bond motifs is 3. The quantitative estimate of drug-likeness (QED) is 0.131. The van der Waals surface area contributed by atoms with E-state index >= 15 is 0 Å². The Balaban J connectivity index is 1.06. The normalized spacial score (nSPS) is 11.6. The lowest BCUT2D eigenvalue weighted by Gasteiger charge is -2.20. The van der Waals surface area contributed by atoms with Crippen molar-refractivity contribution in [1.29, 1.82) is 0 Å². The van der Waals surface area contributed by atoms with Crippen LogP contribution in [-0.2, 0) is 18.6 Å². The largest absolute Gasteiger partial charge is 0.488 e. The van der Waals surface area contributed by atoms with E-state index in [1.165, 1.54) is 10.9 Å². The molecule has 9 rings (SSSR count). The van der Waals surface area contributed by atoms with Crippen LogP contribution in [0.25, 0.3) is 44.4 Å². The topological polar surface area (TPSA) is 63.3 Å². The molecule has 0 bridgehead atoms. The van der Waals surface area contributed by atoms with Crippen LogP contribution in [0.1, 0.15) is 48.6 Å². The third-order valence-electron chi connectivity index (χ3n) is 10.7. The molecule has 0 aliphatic heterocycles. The highest BCUT2D eigenvalue weighted by Gasteiger charge is 2.22. The molecule has 0 saturated heterocycles. The van der Waals surface area contributed by atoms with Gasteiger partial charge in [-0.25, -0.2) is 9.67 Å². The summed E-state index contributed by atoms with van der Waals surface area (Å²) in [6.45, 7) is 11.7. The number of rotatable bonds is 11. The van der Waals surface area contributed by atoms with Crippen LogP contribution in [0.5, 0.6) is 23.0 Å². The van der Waals surface area contributed by atoms with Gasteiger partial charge in [-0.15, -0.1) is 0 Å². The van der Waals surface area contributed by atoms with Gasteiger partial charge in [0, 0.05) is 40.9 Å². The number of ether oxygens (including phenoxy) is 3. The maximum absolute atomic E-state index is 6.62. The van der Waals surface area contributed by atoms with Crippen molar-refractivity contribution in [1.82, 2.24) is 19.3 Å². The van der Waals surface area contributed by atoms with Crippen LogP contribution >= 0.6 is 0 Å². The Kier molecular flexibility index (Phi) is 9.95. The van der Waals surface area contributed by atoms with Crippen LogP contribution in [-0.4, -0.2) is 19.3 Å². The predicted molar refractivity (Wildman–Crippen MR) is 237 cm³/mol. The number of benzene rings is 6. The minimum atomic E-state index is -0.0130. The van der Waals surface area contributed by atoms with Crippen molar-refractivity contribution >= 4 is 21.8 Å². The highest BCUT2D eigenvalue weighted by molar-refractivity contribution is 6.09. The van der Waals surface area contributed by atoms with Crippen molar-refractivity contribution in [2.24, 2.45) is 0 Å². The maximum atomic E-state index is 6.62.